The van der Waals surface area contributed by atoms with Gasteiger partial charge in [0.2, 0.25) is 0 Å². The van der Waals surface area contributed by atoms with Gasteiger partial charge in [-0.05, 0) is 20.0 Å². The van der Waals surface area contributed by atoms with Gasteiger partial charge in [0.1, 0.15) is 0 Å². The van der Waals surface area contributed by atoms with E-state index in [-0.39, 0.29) is 13.2 Å². The lowest BCUT2D eigenvalue weighted by atomic mass is 10.0. The maximum absolute atomic E-state index is 8.95. The molecule has 0 spiro atoms. The predicted octanol–water partition coefficient (Wildman–Crippen LogP) is 0.195. The average molecular weight is 159 g/mol. The highest BCUT2D eigenvalue weighted by molar-refractivity contribution is 4.90. The Hall–Kier alpha value is -0.540. The molecule has 0 unspecified atom stereocenters. The zero-order valence-electron chi connectivity index (χ0n) is 7.41. The number of hydrogen-bond donors (Lipinski definition) is 2. The molecule has 66 valence electrons. The number of hydrogen-bond acceptors (Lipinski definition) is 3. The van der Waals surface area contributed by atoms with Crippen molar-refractivity contribution in [2.24, 2.45) is 0 Å². The number of aliphatic hydroxyl groups excluding tert-OH is 2. The van der Waals surface area contributed by atoms with Crippen LogP contribution < -0.4 is 0 Å². The first-order valence-corrected chi connectivity index (χ1v) is 3.68. The Morgan fingerprint density at radius 3 is 2.09 bits per heavy atom. The molecule has 3 nitrogen and oxygen atoms in total. The average Bonchev–Trinajstić information content (AvgIpc) is 2.03. The van der Waals surface area contributed by atoms with Crippen molar-refractivity contribution >= 4 is 0 Å². The van der Waals surface area contributed by atoms with E-state index in [0.717, 1.165) is 0 Å². The number of rotatable bonds is 4. The normalized spacial score (nSPS) is 12.5. The van der Waals surface area contributed by atoms with Gasteiger partial charge in [-0.1, -0.05) is 6.08 Å². The first-order chi connectivity index (χ1) is 5.10. The number of allylic oxidation sites excluding steroid dienone is 1. The van der Waals surface area contributed by atoms with E-state index in [1.165, 1.54) is 0 Å². The highest BCUT2D eigenvalue weighted by Crippen LogP contribution is 2.11. The Kier molecular flexibility index (Phi) is 4.15. The molecule has 3 heteroatoms. The quantitative estimate of drug-likeness (QED) is 0.615. The molecule has 0 aromatic carbocycles. The van der Waals surface area contributed by atoms with Crippen molar-refractivity contribution in [3.05, 3.63) is 12.3 Å². The topological polar surface area (TPSA) is 43.7 Å². The third-order valence-electron chi connectivity index (χ3n) is 1.91. The SMILES string of the molecule is CC=CN(C)C(C)(CO)CO. The summed E-state index contributed by atoms with van der Waals surface area (Å²) in [5.41, 5.74) is -0.549. The fraction of sp³-hybridized carbons (Fsp3) is 0.750. The third kappa shape index (κ3) is 2.52. The Morgan fingerprint density at radius 2 is 1.82 bits per heavy atom. The molecular formula is C8H17NO2. The van der Waals surface area contributed by atoms with Crippen molar-refractivity contribution < 1.29 is 10.2 Å². The van der Waals surface area contributed by atoms with Gasteiger partial charge in [0.25, 0.3) is 0 Å². The monoisotopic (exact) mass is 159 g/mol. The van der Waals surface area contributed by atoms with Crippen LogP contribution in [0.5, 0.6) is 0 Å². The van der Waals surface area contributed by atoms with Crippen LogP contribution in [0.25, 0.3) is 0 Å². The minimum atomic E-state index is -0.549. The third-order valence-corrected chi connectivity index (χ3v) is 1.91. The van der Waals surface area contributed by atoms with E-state index in [4.69, 9.17) is 10.2 Å². The fourth-order valence-corrected chi connectivity index (χ4v) is 0.677. The van der Waals surface area contributed by atoms with E-state index in [1.54, 1.807) is 11.8 Å². The van der Waals surface area contributed by atoms with Gasteiger partial charge in [-0.2, -0.15) is 0 Å². The van der Waals surface area contributed by atoms with Crippen LogP contribution in [-0.2, 0) is 0 Å². The molecule has 11 heavy (non-hydrogen) atoms. The van der Waals surface area contributed by atoms with Gasteiger partial charge in [-0.15, -0.1) is 0 Å². The first kappa shape index (κ1) is 10.5. The van der Waals surface area contributed by atoms with Crippen molar-refractivity contribution in [1.82, 2.24) is 4.90 Å². The molecule has 0 atom stereocenters. The van der Waals surface area contributed by atoms with Crippen molar-refractivity contribution in [3.8, 4) is 0 Å². The van der Waals surface area contributed by atoms with Crippen molar-refractivity contribution in [1.29, 1.82) is 0 Å². The molecule has 0 rings (SSSR count). The lowest BCUT2D eigenvalue weighted by Gasteiger charge is -2.34. The zero-order valence-corrected chi connectivity index (χ0v) is 7.41. The number of aliphatic hydroxyl groups is 2. The lowest BCUT2D eigenvalue weighted by Crippen LogP contribution is -2.47. The molecule has 0 aromatic rings. The van der Waals surface area contributed by atoms with Crippen LogP contribution in [0.1, 0.15) is 13.8 Å². The number of nitrogens with zero attached hydrogens (tertiary/aromatic N) is 1. The van der Waals surface area contributed by atoms with Crippen molar-refractivity contribution in [2.45, 2.75) is 19.4 Å². The summed E-state index contributed by atoms with van der Waals surface area (Å²) in [6, 6.07) is 0. The maximum Gasteiger partial charge on any atom is 0.0825 e. The summed E-state index contributed by atoms with van der Waals surface area (Å²) in [5.74, 6) is 0. The molecular weight excluding hydrogens is 142 g/mol. The van der Waals surface area contributed by atoms with Gasteiger partial charge < -0.3 is 15.1 Å². The first-order valence-electron chi connectivity index (χ1n) is 3.68. The smallest absolute Gasteiger partial charge is 0.0825 e. The van der Waals surface area contributed by atoms with Gasteiger partial charge in [-0.3, -0.25) is 0 Å². The second-order valence-electron chi connectivity index (χ2n) is 2.91. The van der Waals surface area contributed by atoms with Crippen LogP contribution in [0.15, 0.2) is 12.3 Å². The second-order valence-corrected chi connectivity index (χ2v) is 2.91. The molecule has 0 aliphatic heterocycles. The molecule has 0 aliphatic carbocycles. The standard InChI is InChI=1S/C8H17NO2/c1-4-5-9(3)8(2,6-10)7-11/h4-5,10-11H,6-7H2,1-3H3. The van der Waals surface area contributed by atoms with E-state index in [9.17, 15) is 0 Å². The molecule has 0 aliphatic rings. The minimum Gasteiger partial charge on any atom is -0.394 e. The summed E-state index contributed by atoms with van der Waals surface area (Å²) in [6.45, 7) is 3.59. The molecule has 2 N–H and O–H groups in total. The van der Waals surface area contributed by atoms with Crippen LogP contribution >= 0.6 is 0 Å². The molecule has 0 saturated heterocycles. The molecule has 0 heterocycles. The Balaban J connectivity index is 4.23. The second kappa shape index (κ2) is 4.36. The summed E-state index contributed by atoms with van der Waals surface area (Å²) >= 11 is 0. The Labute approximate surface area is 68.0 Å². The van der Waals surface area contributed by atoms with E-state index >= 15 is 0 Å². The van der Waals surface area contributed by atoms with E-state index in [0.29, 0.717) is 0 Å². The highest BCUT2D eigenvalue weighted by atomic mass is 16.3. The van der Waals surface area contributed by atoms with E-state index in [2.05, 4.69) is 0 Å². The Bertz CT molecular complexity index is 130. The van der Waals surface area contributed by atoms with Crippen LogP contribution in [0.4, 0.5) is 0 Å². The summed E-state index contributed by atoms with van der Waals surface area (Å²) in [4.78, 5) is 1.80. The van der Waals surface area contributed by atoms with Crippen molar-refractivity contribution in [2.75, 3.05) is 20.3 Å². The summed E-state index contributed by atoms with van der Waals surface area (Å²) in [7, 11) is 1.83. The molecule has 0 aromatic heterocycles. The number of likely N-dealkylation sites (N-methyl/N-ethyl adjacent to an activating group) is 1. The Morgan fingerprint density at radius 1 is 1.36 bits per heavy atom. The van der Waals surface area contributed by atoms with Gasteiger partial charge in [0.15, 0.2) is 0 Å². The molecule has 0 saturated carbocycles. The van der Waals surface area contributed by atoms with Crippen LogP contribution in [-0.4, -0.2) is 40.9 Å². The summed E-state index contributed by atoms with van der Waals surface area (Å²) < 4.78 is 0. The fourth-order valence-electron chi connectivity index (χ4n) is 0.677. The van der Waals surface area contributed by atoms with Gasteiger partial charge in [-0.25, -0.2) is 0 Å². The lowest BCUT2D eigenvalue weighted by molar-refractivity contribution is 0.0425. The highest BCUT2D eigenvalue weighted by Gasteiger charge is 2.24. The maximum atomic E-state index is 8.95. The summed E-state index contributed by atoms with van der Waals surface area (Å²) in [6.07, 6.45) is 3.69. The van der Waals surface area contributed by atoms with Gasteiger partial charge >= 0.3 is 0 Å². The van der Waals surface area contributed by atoms with Crippen LogP contribution in [0.2, 0.25) is 0 Å². The van der Waals surface area contributed by atoms with Gasteiger partial charge in [0, 0.05) is 7.05 Å². The molecule has 0 amide bonds. The molecule has 0 bridgehead atoms. The van der Waals surface area contributed by atoms with Crippen LogP contribution in [0.3, 0.4) is 0 Å². The minimum absolute atomic E-state index is 0.0513. The summed E-state index contributed by atoms with van der Waals surface area (Å²) in [5, 5.41) is 17.9. The van der Waals surface area contributed by atoms with E-state index < -0.39 is 5.54 Å². The van der Waals surface area contributed by atoms with E-state index in [1.807, 2.05) is 26.2 Å². The molecule has 0 fully saturated rings. The molecule has 0 radical (unpaired) electrons. The van der Waals surface area contributed by atoms with Gasteiger partial charge in [0.05, 0.1) is 18.8 Å². The van der Waals surface area contributed by atoms with Crippen LogP contribution in [0, 0.1) is 0 Å². The predicted molar refractivity (Wildman–Crippen MR) is 45.2 cm³/mol. The largest absolute Gasteiger partial charge is 0.394 e. The zero-order chi connectivity index (χ0) is 8.91. The van der Waals surface area contributed by atoms with Crippen molar-refractivity contribution in [3.63, 3.8) is 0 Å².